The van der Waals surface area contributed by atoms with Gasteiger partial charge in [-0.25, -0.2) is 0 Å². The number of phenols is 1. The second-order valence-electron chi connectivity index (χ2n) is 6.10. The third-order valence-electron chi connectivity index (χ3n) is 4.08. The van der Waals surface area contributed by atoms with Gasteiger partial charge in [0.15, 0.2) is 0 Å². The predicted octanol–water partition coefficient (Wildman–Crippen LogP) is 5.74. The van der Waals surface area contributed by atoms with Crippen molar-refractivity contribution in [3.63, 3.8) is 0 Å². The Labute approximate surface area is 163 Å². The molecule has 3 rings (SSSR count). The second kappa shape index (κ2) is 6.22. The lowest BCUT2D eigenvalue weighted by Crippen LogP contribution is -2.45. The number of benzene rings is 1. The molecule has 0 aromatic heterocycles. The Kier molecular flexibility index (Phi) is 1.58. The molecule has 0 spiro atoms. The number of fused-ring (bicyclic) bond motifs is 3. The first kappa shape index (κ1) is 5.82. The minimum absolute atomic E-state index is 0.144. The van der Waals surface area contributed by atoms with Crippen LogP contribution in [0.15, 0.2) is 23.7 Å². The molecule has 1 heterocycles. The Bertz CT molecular complexity index is 1230. The minimum atomic E-state index is -4.05. The highest BCUT2D eigenvalue weighted by Gasteiger charge is 2.45. The van der Waals surface area contributed by atoms with Gasteiger partial charge in [0.2, 0.25) is 0 Å². The van der Waals surface area contributed by atoms with Gasteiger partial charge in [-0.3, -0.25) is 0 Å². The van der Waals surface area contributed by atoms with Gasteiger partial charge in [-0.1, -0.05) is 31.2 Å². The molecule has 0 bridgehead atoms. The topological polar surface area (TPSA) is 29.5 Å². The standard InChI is InChI=1S/C21H30O2/c1-5-6-7-8-15-12-18(22)20-16-11-14(2)9-10-17(16)21(3,4)23-19(20)13-15/h11-13,16-17,22H,5-10H2,1-4H3/t16-,17-/m1/s1/i1D3,5D2,6D2,7D2,8D2,9D2,12D,13D,16D. The predicted molar refractivity (Wildman–Crippen MR) is 95.3 cm³/mol. The Morgan fingerprint density at radius 2 is 2.35 bits per heavy atom. The van der Waals surface area contributed by atoms with Crippen LogP contribution in [0, 0.1) is 5.92 Å². The fourth-order valence-electron chi connectivity index (χ4n) is 2.99. The van der Waals surface area contributed by atoms with Crippen LogP contribution in [0.2, 0.25) is 0 Å². The SMILES string of the molecule is [2H]c1c(O)c2c(c([2H])c1C([2H])([2H])C([2H])([2H])C([2H])([2H])C([2H])([2H])C([2H])([2H])[2H])OC(C)(C)[C@@H]1CC([2H])([2H])C(C)=C[C@@]21[2H]. The van der Waals surface area contributed by atoms with Gasteiger partial charge < -0.3 is 9.84 Å². The molecule has 1 aromatic rings. The van der Waals surface area contributed by atoms with Gasteiger partial charge in [0.05, 0.1) is 2.74 Å². The molecule has 1 N–H and O–H groups in total. The van der Waals surface area contributed by atoms with Gasteiger partial charge >= 0.3 is 0 Å². The lowest BCUT2D eigenvalue weighted by atomic mass is 9.68. The van der Waals surface area contributed by atoms with Crippen LogP contribution in [0.4, 0.5) is 0 Å². The first-order chi connectivity index (χ1) is 17.0. The zero-order valence-corrected chi connectivity index (χ0v) is 13.2. The van der Waals surface area contributed by atoms with Crippen molar-refractivity contribution in [1.82, 2.24) is 0 Å². The van der Waals surface area contributed by atoms with Crippen LogP contribution in [-0.4, -0.2) is 10.7 Å². The van der Waals surface area contributed by atoms with E-state index < -0.39 is 90.8 Å². The third kappa shape index (κ3) is 3.13. The monoisotopic (exact) mass is 330 g/mol. The molecule has 0 saturated heterocycles. The van der Waals surface area contributed by atoms with Crippen LogP contribution >= 0.6 is 0 Å². The minimum Gasteiger partial charge on any atom is -0.507 e. The molecule has 2 atom stereocenters. The van der Waals surface area contributed by atoms with E-state index in [0.29, 0.717) is 0 Å². The quantitative estimate of drug-likeness (QED) is 0.714. The van der Waals surface area contributed by atoms with Crippen molar-refractivity contribution >= 4 is 0 Å². The first-order valence-corrected chi connectivity index (χ1v) is 7.30. The largest absolute Gasteiger partial charge is 0.507 e. The molecule has 2 aliphatic rings. The van der Waals surface area contributed by atoms with E-state index >= 15 is 0 Å². The maximum atomic E-state index is 11.1. The van der Waals surface area contributed by atoms with Gasteiger partial charge in [0, 0.05) is 36.6 Å². The second-order valence-corrected chi connectivity index (χ2v) is 6.10. The van der Waals surface area contributed by atoms with Crippen LogP contribution in [-0.2, 0) is 6.37 Å². The molecular weight excluding hydrogens is 284 g/mol. The van der Waals surface area contributed by atoms with E-state index in [1.165, 1.54) is 26.8 Å². The molecule has 1 aliphatic carbocycles. The zero-order valence-electron chi connectivity index (χ0n) is 29.2. The highest BCUT2D eigenvalue weighted by atomic mass is 16.5. The van der Waals surface area contributed by atoms with Gasteiger partial charge in [-0.15, -0.1) is 0 Å². The Hall–Kier alpha value is -1.44. The van der Waals surface area contributed by atoms with Gasteiger partial charge in [-0.05, 0) is 64.0 Å². The average Bonchev–Trinajstić information content (AvgIpc) is 2.72. The Balaban J connectivity index is 2.38. The maximum Gasteiger partial charge on any atom is 0.127 e. The molecule has 0 saturated carbocycles. The van der Waals surface area contributed by atoms with E-state index in [4.69, 9.17) is 25.3 Å². The number of allylic oxidation sites excluding steroid dienone is 2. The Morgan fingerprint density at radius 1 is 1.52 bits per heavy atom. The number of hydrogen-bond donors (Lipinski definition) is 1. The molecule has 1 aromatic carbocycles. The normalized spacial score (nSPS) is 43.8. The van der Waals surface area contributed by atoms with Gasteiger partial charge in [-0.2, -0.15) is 0 Å². The molecule has 2 nitrogen and oxygen atoms in total. The summed E-state index contributed by atoms with van der Waals surface area (Å²) < 4.78 is 136. The summed E-state index contributed by atoms with van der Waals surface area (Å²) in [5.41, 5.74) is -2.90. The summed E-state index contributed by atoms with van der Waals surface area (Å²) in [6.07, 6.45) is -16.6. The number of hydrogen-bond acceptors (Lipinski definition) is 2. The molecule has 126 valence electrons. The van der Waals surface area contributed by atoms with E-state index in [1.807, 2.05) is 0 Å². The fraction of sp³-hybridized carbons (Fsp3) is 0.619. The van der Waals surface area contributed by atoms with Gasteiger partial charge in [0.1, 0.15) is 17.1 Å². The van der Waals surface area contributed by atoms with Gasteiger partial charge in [0.25, 0.3) is 0 Å². The summed E-state index contributed by atoms with van der Waals surface area (Å²) >= 11 is 0. The molecule has 2 heteroatoms. The number of rotatable bonds is 4. The molecule has 0 amide bonds. The lowest BCUT2D eigenvalue weighted by molar-refractivity contribution is 0.0107. The zero-order chi connectivity index (χ0) is 30.7. The first-order valence-electron chi connectivity index (χ1n) is 15.3. The molecule has 0 unspecified atom stereocenters. The van der Waals surface area contributed by atoms with Crippen molar-refractivity contribution in [3.05, 3.63) is 34.9 Å². The van der Waals surface area contributed by atoms with Crippen molar-refractivity contribution in [2.45, 2.75) is 77.4 Å². The van der Waals surface area contributed by atoms with E-state index in [0.717, 1.165) is 0 Å². The van der Waals surface area contributed by atoms with Crippen molar-refractivity contribution in [1.29, 1.82) is 0 Å². The molecule has 0 radical (unpaired) electrons. The van der Waals surface area contributed by atoms with Crippen LogP contribution in [0.1, 0.15) is 98.5 Å². The van der Waals surface area contributed by atoms with E-state index in [2.05, 4.69) is 0 Å². The molecular formula is C21H30O2. The highest BCUT2D eigenvalue weighted by molar-refractivity contribution is 5.53. The van der Waals surface area contributed by atoms with Crippen LogP contribution in [0.3, 0.4) is 0 Å². The van der Waals surface area contributed by atoms with Crippen molar-refractivity contribution in [2.24, 2.45) is 5.92 Å². The lowest BCUT2D eigenvalue weighted by Gasteiger charge is -2.46. The summed E-state index contributed by atoms with van der Waals surface area (Å²) in [5.74, 6) is -4.56. The van der Waals surface area contributed by atoms with Crippen molar-refractivity contribution < 1.29 is 31.8 Å². The summed E-state index contributed by atoms with van der Waals surface area (Å²) in [4.78, 5) is 0. The number of aromatic hydroxyl groups is 1. The number of phenolic OH excluding ortho intramolecular Hbond substituents is 1. The smallest absolute Gasteiger partial charge is 0.127 e. The fourth-order valence-corrected chi connectivity index (χ4v) is 2.99. The number of ether oxygens (including phenoxy) is 1. The van der Waals surface area contributed by atoms with Crippen LogP contribution in [0.5, 0.6) is 11.5 Å². The van der Waals surface area contributed by atoms with E-state index in [-0.39, 0.29) is 12.0 Å². The third-order valence-corrected chi connectivity index (χ3v) is 4.08. The van der Waals surface area contributed by atoms with Crippen molar-refractivity contribution in [3.8, 4) is 11.5 Å². The van der Waals surface area contributed by atoms with E-state index in [1.54, 1.807) is 0 Å². The summed E-state index contributed by atoms with van der Waals surface area (Å²) in [5, 5.41) is 11.1. The van der Waals surface area contributed by atoms with Crippen molar-refractivity contribution in [2.75, 3.05) is 0 Å². The van der Waals surface area contributed by atoms with Crippen LogP contribution in [0.25, 0.3) is 0 Å². The molecule has 23 heavy (non-hydrogen) atoms. The summed E-state index contributed by atoms with van der Waals surface area (Å²) in [6, 6.07) is -2.20. The summed E-state index contributed by atoms with van der Waals surface area (Å²) in [7, 11) is 0. The Morgan fingerprint density at radius 3 is 3.13 bits per heavy atom. The van der Waals surface area contributed by atoms with E-state index in [9.17, 15) is 6.48 Å². The molecule has 1 aliphatic heterocycles. The maximum absolute atomic E-state index is 11.1. The molecule has 0 fully saturated rings. The van der Waals surface area contributed by atoms with Crippen LogP contribution < -0.4 is 4.74 Å². The average molecular weight is 331 g/mol. The summed E-state index contributed by atoms with van der Waals surface area (Å²) in [6.45, 7) is 0.714. The highest BCUT2D eigenvalue weighted by Crippen LogP contribution is 2.53.